The Balaban J connectivity index is 1.60. The lowest BCUT2D eigenvalue weighted by Crippen LogP contribution is -2.26. The Morgan fingerprint density at radius 3 is 2.94 bits per heavy atom. The number of nitrogens with one attached hydrogen (secondary N) is 1. The van der Waals surface area contributed by atoms with Crippen LogP contribution >= 0.6 is 0 Å². The van der Waals surface area contributed by atoms with Crippen LogP contribution in [0.15, 0.2) is 40.9 Å². The standard InChI is InChI=1S/C23H22N4O5S/c1-13(2)31-20-9-6-14(10-15(20)11-24)23-25-22(26-32-23)18-5-3-4-17-16(18)7-8-19(17)27-33(30)12-21(28)29/h3-6,9-10,13,19,27H,7-8,12H2,1-2H3,(H,28,29). The molecule has 0 spiro atoms. The van der Waals surface area contributed by atoms with E-state index in [0.717, 1.165) is 16.7 Å². The third-order valence-corrected chi connectivity index (χ3v) is 6.23. The zero-order valence-corrected chi connectivity index (χ0v) is 18.9. The number of aromatic nitrogens is 2. The van der Waals surface area contributed by atoms with Gasteiger partial charge in [0.2, 0.25) is 5.82 Å². The van der Waals surface area contributed by atoms with Crippen LogP contribution in [0.3, 0.4) is 0 Å². The van der Waals surface area contributed by atoms with E-state index in [0.29, 0.717) is 35.5 Å². The number of benzene rings is 2. The molecular formula is C23H22N4O5S. The van der Waals surface area contributed by atoms with Gasteiger partial charge in [-0.3, -0.25) is 4.79 Å². The van der Waals surface area contributed by atoms with E-state index in [-0.39, 0.29) is 18.0 Å². The van der Waals surface area contributed by atoms with Crippen LogP contribution in [0, 0.1) is 11.3 Å². The molecule has 1 aliphatic rings. The SMILES string of the molecule is CC(C)Oc1ccc(-c2nc(-c3cccc4c3CCC4NS(=O)CC(=O)O)no2)cc1C#N. The predicted octanol–water partition coefficient (Wildman–Crippen LogP) is 3.39. The van der Waals surface area contributed by atoms with Crippen molar-refractivity contribution in [1.82, 2.24) is 14.9 Å². The highest BCUT2D eigenvalue weighted by Crippen LogP contribution is 2.37. The third-order valence-electron chi connectivity index (χ3n) is 5.18. The molecule has 2 unspecified atom stereocenters. The molecule has 33 heavy (non-hydrogen) atoms. The summed E-state index contributed by atoms with van der Waals surface area (Å²) in [7, 11) is -1.66. The molecule has 0 aliphatic heterocycles. The number of carbonyl (C=O) groups is 1. The molecule has 2 N–H and O–H groups in total. The highest BCUT2D eigenvalue weighted by Gasteiger charge is 2.28. The van der Waals surface area contributed by atoms with E-state index in [1.165, 1.54) is 0 Å². The minimum atomic E-state index is -1.66. The monoisotopic (exact) mass is 466 g/mol. The molecule has 10 heteroatoms. The topological polar surface area (TPSA) is 138 Å². The first-order valence-electron chi connectivity index (χ1n) is 10.4. The summed E-state index contributed by atoms with van der Waals surface area (Å²) >= 11 is 0. The van der Waals surface area contributed by atoms with E-state index in [1.54, 1.807) is 18.2 Å². The fraction of sp³-hybridized carbons (Fsp3) is 0.304. The van der Waals surface area contributed by atoms with Crippen molar-refractivity contribution >= 4 is 17.0 Å². The number of nitriles is 1. The van der Waals surface area contributed by atoms with Gasteiger partial charge in [0.05, 0.1) is 11.7 Å². The van der Waals surface area contributed by atoms with E-state index >= 15 is 0 Å². The Labute approximate surface area is 193 Å². The second-order valence-corrected chi connectivity index (χ2v) is 9.09. The molecule has 1 aromatic heterocycles. The van der Waals surface area contributed by atoms with Crippen LogP contribution in [0.5, 0.6) is 5.75 Å². The summed E-state index contributed by atoms with van der Waals surface area (Å²) in [4.78, 5) is 15.3. The summed E-state index contributed by atoms with van der Waals surface area (Å²) in [5.41, 5.74) is 3.74. The lowest BCUT2D eigenvalue weighted by molar-refractivity contribution is -0.134. The first-order valence-corrected chi connectivity index (χ1v) is 11.7. The van der Waals surface area contributed by atoms with E-state index in [2.05, 4.69) is 20.9 Å². The smallest absolute Gasteiger partial charge is 0.317 e. The molecule has 3 aromatic rings. The van der Waals surface area contributed by atoms with Crippen molar-refractivity contribution in [3.63, 3.8) is 0 Å². The number of nitrogens with zero attached hydrogens (tertiary/aromatic N) is 3. The van der Waals surface area contributed by atoms with Crippen LogP contribution in [0.25, 0.3) is 22.8 Å². The van der Waals surface area contributed by atoms with Crippen molar-refractivity contribution in [2.24, 2.45) is 0 Å². The van der Waals surface area contributed by atoms with Crippen molar-refractivity contribution < 1.29 is 23.4 Å². The molecule has 0 saturated heterocycles. The zero-order valence-electron chi connectivity index (χ0n) is 18.1. The first-order chi connectivity index (χ1) is 15.9. The largest absolute Gasteiger partial charge is 0.490 e. The molecule has 0 radical (unpaired) electrons. The molecule has 0 fully saturated rings. The Bertz CT molecular complexity index is 1260. The second-order valence-electron chi connectivity index (χ2n) is 7.88. The maximum Gasteiger partial charge on any atom is 0.317 e. The number of ether oxygens (including phenoxy) is 1. The van der Waals surface area contributed by atoms with Gasteiger partial charge in [0.25, 0.3) is 5.89 Å². The summed E-state index contributed by atoms with van der Waals surface area (Å²) in [6.07, 6.45) is 1.33. The third kappa shape index (κ3) is 4.94. The normalized spacial score (nSPS) is 15.8. The average molecular weight is 467 g/mol. The van der Waals surface area contributed by atoms with Crippen LogP contribution in [0.4, 0.5) is 0 Å². The fourth-order valence-corrected chi connectivity index (χ4v) is 4.73. The molecule has 0 bridgehead atoms. The lowest BCUT2D eigenvalue weighted by atomic mass is 10.0. The predicted molar refractivity (Wildman–Crippen MR) is 120 cm³/mol. The Kier molecular flexibility index (Phi) is 6.53. The van der Waals surface area contributed by atoms with Crippen LogP contribution in [-0.4, -0.2) is 37.3 Å². The molecule has 9 nitrogen and oxygen atoms in total. The number of fused-ring (bicyclic) bond motifs is 1. The number of rotatable bonds is 8. The minimum Gasteiger partial charge on any atom is -0.490 e. The highest BCUT2D eigenvalue weighted by molar-refractivity contribution is 7.83. The zero-order chi connectivity index (χ0) is 23.5. The molecule has 2 aromatic carbocycles. The summed E-state index contributed by atoms with van der Waals surface area (Å²) in [6, 6.07) is 12.7. The second kappa shape index (κ2) is 9.52. The van der Waals surface area contributed by atoms with Crippen molar-refractivity contribution in [2.45, 2.75) is 38.8 Å². The molecule has 170 valence electrons. The van der Waals surface area contributed by atoms with Gasteiger partial charge in [-0.1, -0.05) is 23.4 Å². The maximum atomic E-state index is 12.0. The Morgan fingerprint density at radius 1 is 1.39 bits per heavy atom. The van der Waals surface area contributed by atoms with Gasteiger partial charge in [0.15, 0.2) is 0 Å². The summed E-state index contributed by atoms with van der Waals surface area (Å²) < 4.78 is 26.1. The molecular weight excluding hydrogens is 444 g/mol. The summed E-state index contributed by atoms with van der Waals surface area (Å²) in [5, 5.41) is 22.4. The lowest BCUT2D eigenvalue weighted by Gasteiger charge is -2.13. The molecule has 2 atom stereocenters. The van der Waals surface area contributed by atoms with Crippen molar-refractivity contribution in [3.8, 4) is 34.7 Å². The summed E-state index contributed by atoms with van der Waals surface area (Å²) in [5.74, 6) is -0.377. The molecule has 1 aliphatic carbocycles. The maximum absolute atomic E-state index is 12.0. The van der Waals surface area contributed by atoms with Gasteiger partial charge in [-0.2, -0.15) is 10.2 Å². The summed E-state index contributed by atoms with van der Waals surface area (Å²) in [6.45, 7) is 3.78. The van der Waals surface area contributed by atoms with Gasteiger partial charge in [-0.05, 0) is 56.0 Å². The van der Waals surface area contributed by atoms with E-state index < -0.39 is 22.7 Å². The number of aliphatic carboxylic acids is 1. The fourth-order valence-electron chi connectivity index (χ4n) is 3.86. The Morgan fingerprint density at radius 2 is 2.21 bits per heavy atom. The number of carboxylic acid groups (broad SMARTS) is 1. The molecule has 1 heterocycles. The van der Waals surface area contributed by atoms with Gasteiger partial charge >= 0.3 is 5.97 Å². The van der Waals surface area contributed by atoms with E-state index in [9.17, 15) is 14.3 Å². The van der Waals surface area contributed by atoms with E-state index in [1.807, 2.05) is 32.0 Å². The van der Waals surface area contributed by atoms with Gasteiger partial charge in [-0.15, -0.1) is 0 Å². The van der Waals surface area contributed by atoms with Gasteiger partial charge < -0.3 is 14.4 Å². The van der Waals surface area contributed by atoms with Gasteiger partial charge in [-0.25, -0.2) is 8.93 Å². The van der Waals surface area contributed by atoms with Crippen molar-refractivity contribution in [1.29, 1.82) is 5.26 Å². The number of carboxylic acids is 1. The quantitative estimate of drug-likeness (QED) is 0.515. The van der Waals surface area contributed by atoms with Gasteiger partial charge in [0, 0.05) is 17.2 Å². The Hall–Kier alpha value is -3.55. The van der Waals surface area contributed by atoms with Crippen molar-refractivity contribution in [2.75, 3.05) is 5.75 Å². The van der Waals surface area contributed by atoms with Crippen molar-refractivity contribution in [3.05, 3.63) is 53.1 Å². The molecule has 4 rings (SSSR count). The number of hydrogen-bond acceptors (Lipinski definition) is 7. The van der Waals surface area contributed by atoms with E-state index in [4.69, 9.17) is 14.4 Å². The number of hydrogen-bond donors (Lipinski definition) is 2. The van der Waals surface area contributed by atoms with Gasteiger partial charge in [0.1, 0.15) is 28.6 Å². The van der Waals surface area contributed by atoms with Crippen LogP contribution in [0.2, 0.25) is 0 Å². The molecule has 0 amide bonds. The minimum absolute atomic E-state index is 0.0574. The van der Waals surface area contributed by atoms with Crippen LogP contribution in [0.1, 0.15) is 43.0 Å². The van der Waals surface area contributed by atoms with Crippen LogP contribution in [-0.2, 0) is 22.2 Å². The molecule has 0 saturated carbocycles. The highest BCUT2D eigenvalue weighted by atomic mass is 32.2. The average Bonchev–Trinajstić information content (AvgIpc) is 3.41. The first kappa shape index (κ1) is 22.6. The van der Waals surface area contributed by atoms with Crippen LogP contribution < -0.4 is 9.46 Å².